The molecule has 0 atom stereocenters. The monoisotopic (exact) mass is 400 g/mol. The van der Waals surface area contributed by atoms with Crippen LogP contribution in [0.1, 0.15) is 10.4 Å². The lowest BCUT2D eigenvalue weighted by Gasteiger charge is -2.09. The zero-order valence-corrected chi connectivity index (χ0v) is 15.1. The van der Waals surface area contributed by atoms with Gasteiger partial charge in [-0.25, -0.2) is 0 Å². The predicted molar refractivity (Wildman–Crippen MR) is 94.8 cm³/mol. The summed E-state index contributed by atoms with van der Waals surface area (Å²) in [4.78, 5) is 17.9. The van der Waals surface area contributed by atoms with Gasteiger partial charge in [0.2, 0.25) is 0 Å². The SMILES string of the molecule is Cc1sc2[nH]c(=S)n(-c3cccc(Cl)c3Br)c(=O)c2c1C. The first-order chi connectivity index (χ1) is 9.91. The second-order valence-electron chi connectivity index (χ2n) is 4.63. The molecular weight excluding hydrogens is 392 g/mol. The highest BCUT2D eigenvalue weighted by Gasteiger charge is 2.15. The van der Waals surface area contributed by atoms with Crippen molar-refractivity contribution in [2.75, 3.05) is 0 Å². The fraction of sp³-hybridized carbons (Fsp3) is 0.143. The number of aromatic amines is 1. The maximum atomic E-state index is 12.9. The molecule has 0 spiro atoms. The minimum atomic E-state index is -0.126. The molecule has 3 aromatic rings. The predicted octanol–water partition coefficient (Wildman–Crippen LogP) is 5.14. The lowest BCUT2D eigenvalue weighted by atomic mass is 10.2. The molecule has 1 aromatic carbocycles. The van der Waals surface area contributed by atoms with Crippen molar-refractivity contribution in [3.05, 3.63) is 53.3 Å². The van der Waals surface area contributed by atoms with E-state index in [9.17, 15) is 4.79 Å². The molecule has 0 bridgehead atoms. The van der Waals surface area contributed by atoms with Crippen LogP contribution in [0.3, 0.4) is 0 Å². The Balaban J connectivity index is 2.49. The van der Waals surface area contributed by atoms with E-state index in [-0.39, 0.29) is 5.56 Å². The second kappa shape index (κ2) is 5.35. The Morgan fingerprint density at radius 2 is 2.10 bits per heavy atom. The summed E-state index contributed by atoms with van der Waals surface area (Å²) < 4.78 is 2.49. The maximum absolute atomic E-state index is 12.9. The zero-order valence-electron chi connectivity index (χ0n) is 11.2. The molecular formula is C14H10BrClN2OS2. The van der Waals surface area contributed by atoms with E-state index in [2.05, 4.69) is 20.9 Å². The van der Waals surface area contributed by atoms with Gasteiger partial charge < -0.3 is 4.98 Å². The number of aryl methyl sites for hydroxylation is 2. The van der Waals surface area contributed by atoms with E-state index < -0.39 is 0 Å². The highest BCUT2D eigenvalue weighted by atomic mass is 79.9. The summed E-state index contributed by atoms with van der Waals surface area (Å²) in [5.74, 6) is 0. The number of rotatable bonds is 1. The molecule has 3 rings (SSSR count). The third kappa shape index (κ3) is 2.30. The van der Waals surface area contributed by atoms with E-state index in [0.29, 0.717) is 25.3 Å². The maximum Gasteiger partial charge on any atom is 0.267 e. The van der Waals surface area contributed by atoms with Gasteiger partial charge in [0.25, 0.3) is 5.56 Å². The van der Waals surface area contributed by atoms with Gasteiger partial charge in [0.15, 0.2) is 4.77 Å². The average molecular weight is 402 g/mol. The number of nitrogens with zero attached hydrogens (tertiary/aromatic N) is 1. The second-order valence-corrected chi connectivity index (χ2v) is 7.44. The molecule has 0 aliphatic rings. The molecule has 0 aliphatic carbocycles. The Labute approximate surface area is 143 Å². The van der Waals surface area contributed by atoms with Gasteiger partial charge in [-0.2, -0.15) is 0 Å². The van der Waals surface area contributed by atoms with Crippen LogP contribution in [0.15, 0.2) is 27.5 Å². The van der Waals surface area contributed by atoms with Crippen LogP contribution in [0, 0.1) is 18.6 Å². The Hall–Kier alpha value is -0.950. The fourth-order valence-electron chi connectivity index (χ4n) is 2.21. The molecule has 0 saturated heterocycles. The molecule has 21 heavy (non-hydrogen) atoms. The van der Waals surface area contributed by atoms with Crippen LogP contribution in [-0.4, -0.2) is 9.55 Å². The molecule has 0 aliphatic heterocycles. The first-order valence-electron chi connectivity index (χ1n) is 6.11. The number of nitrogens with one attached hydrogen (secondary N) is 1. The first-order valence-corrected chi connectivity index (χ1v) is 8.51. The van der Waals surface area contributed by atoms with E-state index >= 15 is 0 Å². The van der Waals surface area contributed by atoms with Gasteiger partial charge in [0.1, 0.15) is 4.83 Å². The Bertz CT molecular complexity index is 987. The summed E-state index contributed by atoms with van der Waals surface area (Å²) in [6, 6.07) is 5.35. The van der Waals surface area contributed by atoms with E-state index in [0.717, 1.165) is 15.3 Å². The highest BCUT2D eigenvalue weighted by Crippen LogP contribution is 2.30. The topological polar surface area (TPSA) is 37.8 Å². The van der Waals surface area contributed by atoms with Crippen molar-refractivity contribution in [2.24, 2.45) is 0 Å². The van der Waals surface area contributed by atoms with Gasteiger partial charge in [-0.15, -0.1) is 11.3 Å². The van der Waals surface area contributed by atoms with E-state index in [1.165, 1.54) is 4.57 Å². The van der Waals surface area contributed by atoms with Gasteiger partial charge >= 0.3 is 0 Å². The van der Waals surface area contributed by atoms with Crippen LogP contribution in [0.25, 0.3) is 15.9 Å². The molecule has 2 aromatic heterocycles. The summed E-state index contributed by atoms with van der Waals surface area (Å²) in [6.45, 7) is 3.94. The molecule has 0 amide bonds. The first kappa shape index (κ1) is 15.0. The van der Waals surface area contributed by atoms with Crippen LogP contribution in [0.5, 0.6) is 0 Å². The van der Waals surface area contributed by atoms with Crippen molar-refractivity contribution in [1.82, 2.24) is 9.55 Å². The third-order valence-electron chi connectivity index (χ3n) is 3.40. The molecule has 7 heteroatoms. The summed E-state index contributed by atoms with van der Waals surface area (Å²) in [5.41, 5.74) is 1.50. The third-order valence-corrected chi connectivity index (χ3v) is 6.18. The molecule has 0 fully saturated rings. The van der Waals surface area contributed by atoms with Crippen molar-refractivity contribution in [3.63, 3.8) is 0 Å². The van der Waals surface area contributed by atoms with Gasteiger partial charge in [-0.3, -0.25) is 9.36 Å². The fourth-order valence-corrected chi connectivity index (χ4v) is 4.22. The van der Waals surface area contributed by atoms with E-state index in [1.807, 2.05) is 13.8 Å². The number of benzene rings is 1. The number of H-pyrrole nitrogens is 1. The molecule has 2 heterocycles. The van der Waals surface area contributed by atoms with Crippen molar-refractivity contribution in [2.45, 2.75) is 13.8 Å². The summed E-state index contributed by atoms with van der Waals surface area (Å²) in [5, 5.41) is 1.21. The average Bonchev–Trinajstić information content (AvgIpc) is 2.70. The number of hydrogen-bond donors (Lipinski definition) is 1. The number of fused-ring (bicyclic) bond motifs is 1. The van der Waals surface area contributed by atoms with E-state index in [1.54, 1.807) is 29.5 Å². The molecule has 108 valence electrons. The standard InChI is InChI=1S/C14H10BrClN2OS2/c1-6-7(2)21-12-10(6)13(19)18(14(20)17-12)9-5-3-4-8(16)11(9)15/h3-5H,1-2H3,(H,17,20). The molecule has 0 unspecified atom stereocenters. The normalized spacial score (nSPS) is 11.2. The lowest BCUT2D eigenvalue weighted by Crippen LogP contribution is -2.20. The molecule has 0 radical (unpaired) electrons. The van der Waals surface area contributed by atoms with Crippen molar-refractivity contribution in [1.29, 1.82) is 0 Å². The minimum absolute atomic E-state index is 0.126. The van der Waals surface area contributed by atoms with E-state index in [4.69, 9.17) is 23.8 Å². The van der Waals surface area contributed by atoms with Crippen molar-refractivity contribution < 1.29 is 0 Å². The molecule has 1 N–H and O–H groups in total. The number of hydrogen-bond acceptors (Lipinski definition) is 3. The summed E-state index contributed by atoms with van der Waals surface area (Å²) >= 11 is 16.4. The summed E-state index contributed by atoms with van der Waals surface area (Å²) in [6.07, 6.45) is 0. The minimum Gasteiger partial charge on any atom is -0.323 e. The number of halogens is 2. The van der Waals surface area contributed by atoms with Gasteiger partial charge in [-0.1, -0.05) is 17.7 Å². The molecule has 3 nitrogen and oxygen atoms in total. The zero-order chi connectivity index (χ0) is 15.3. The Morgan fingerprint density at radius 1 is 1.38 bits per heavy atom. The van der Waals surface area contributed by atoms with Crippen LogP contribution in [-0.2, 0) is 0 Å². The quantitative estimate of drug-likeness (QED) is 0.573. The van der Waals surface area contributed by atoms with Crippen LogP contribution in [0.2, 0.25) is 5.02 Å². The lowest BCUT2D eigenvalue weighted by molar-refractivity contribution is 0.937. The van der Waals surface area contributed by atoms with Gasteiger partial charge in [0.05, 0.1) is 20.6 Å². The van der Waals surface area contributed by atoms with Gasteiger partial charge in [0, 0.05) is 4.88 Å². The number of aromatic nitrogens is 2. The van der Waals surface area contributed by atoms with Crippen molar-refractivity contribution >= 4 is 61.3 Å². The van der Waals surface area contributed by atoms with Crippen LogP contribution >= 0.6 is 51.1 Å². The largest absolute Gasteiger partial charge is 0.323 e. The van der Waals surface area contributed by atoms with Crippen LogP contribution in [0.4, 0.5) is 0 Å². The highest BCUT2D eigenvalue weighted by molar-refractivity contribution is 9.10. The van der Waals surface area contributed by atoms with Crippen molar-refractivity contribution in [3.8, 4) is 5.69 Å². The number of thiophene rings is 1. The summed E-state index contributed by atoms with van der Waals surface area (Å²) in [7, 11) is 0. The Morgan fingerprint density at radius 3 is 2.81 bits per heavy atom. The van der Waals surface area contributed by atoms with Crippen LogP contribution < -0.4 is 5.56 Å². The molecule has 0 saturated carbocycles. The smallest absolute Gasteiger partial charge is 0.267 e. The Kier molecular flexibility index (Phi) is 3.81. The van der Waals surface area contributed by atoms with Gasteiger partial charge in [-0.05, 0) is 59.7 Å².